The molecule has 3 aromatic carbocycles. The van der Waals surface area contributed by atoms with Crippen molar-refractivity contribution in [3.63, 3.8) is 0 Å². The first-order valence-corrected chi connectivity index (χ1v) is 12.4. The summed E-state index contributed by atoms with van der Waals surface area (Å²) in [7, 11) is 0. The Morgan fingerprint density at radius 1 is 0.943 bits per heavy atom. The van der Waals surface area contributed by atoms with Gasteiger partial charge in [0, 0.05) is 40.1 Å². The molecule has 3 aromatic rings. The molecule has 3 rings (SSSR count). The molecule has 184 valence electrons. The summed E-state index contributed by atoms with van der Waals surface area (Å²) in [5, 5.41) is 4.29. The first-order chi connectivity index (χ1) is 16.8. The van der Waals surface area contributed by atoms with Crippen molar-refractivity contribution in [3.8, 4) is 5.75 Å². The van der Waals surface area contributed by atoms with Crippen LogP contribution >= 0.6 is 34.8 Å². The van der Waals surface area contributed by atoms with Gasteiger partial charge in [-0.2, -0.15) is 0 Å². The average Bonchev–Trinajstić information content (AvgIpc) is 2.84. The Bertz CT molecular complexity index is 1150. The number of amides is 2. The smallest absolute Gasteiger partial charge is 0.261 e. The van der Waals surface area contributed by atoms with Crippen LogP contribution in [0.25, 0.3) is 0 Å². The number of aryl methyl sites for hydroxylation is 1. The zero-order chi connectivity index (χ0) is 25.4. The topological polar surface area (TPSA) is 58.6 Å². The molecule has 0 aliphatic carbocycles. The summed E-state index contributed by atoms with van der Waals surface area (Å²) in [6.45, 7) is 3.90. The van der Waals surface area contributed by atoms with E-state index in [1.807, 2.05) is 44.2 Å². The minimum Gasteiger partial charge on any atom is -0.484 e. The average molecular weight is 534 g/mol. The second-order valence-electron chi connectivity index (χ2n) is 8.02. The number of hydrogen-bond donors (Lipinski definition) is 1. The molecule has 1 atom stereocenters. The molecule has 5 nitrogen and oxygen atoms in total. The fraction of sp³-hybridized carbons (Fsp3) is 0.259. The normalized spacial score (nSPS) is 11.6. The van der Waals surface area contributed by atoms with E-state index in [0.717, 1.165) is 11.1 Å². The fourth-order valence-corrected chi connectivity index (χ4v) is 4.27. The highest BCUT2D eigenvalue weighted by Crippen LogP contribution is 2.27. The molecule has 0 fully saturated rings. The van der Waals surface area contributed by atoms with Gasteiger partial charge in [0.25, 0.3) is 5.91 Å². The van der Waals surface area contributed by atoms with Crippen molar-refractivity contribution in [1.82, 2.24) is 10.2 Å². The quantitative estimate of drug-likeness (QED) is 0.342. The number of likely N-dealkylation sites (N-methyl/N-ethyl adjacent to an activating group) is 1. The van der Waals surface area contributed by atoms with Crippen molar-refractivity contribution >= 4 is 46.6 Å². The van der Waals surface area contributed by atoms with Gasteiger partial charge in [-0.05, 0) is 55.3 Å². The second kappa shape index (κ2) is 12.8. The number of hydrogen-bond acceptors (Lipinski definition) is 3. The van der Waals surface area contributed by atoms with E-state index in [0.29, 0.717) is 39.3 Å². The van der Waals surface area contributed by atoms with Crippen LogP contribution < -0.4 is 10.1 Å². The predicted octanol–water partition coefficient (Wildman–Crippen LogP) is 6.11. The number of nitrogens with zero attached hydrogens (tertiary/aromatic N) is 1. The molecule has 8 heteroatoms. The van der Waals surface area contributed by atoms with Crippen LogP contribution in [0.3, 0.4) is 0 Å². The van der Waals surface area contributed by atoms with E-state index in [2.05, 4.69) is 5.32 Å². The molecule has 0 spiro atoms. The van der Waals surface area contributed by atoms with Gasteiger partial charge in [-0.3, -0.25) is 9.59 Å². The SMILES string of the molecule is CCNC(=O)[C@H](Cc1ccccc1)N(Cc1c(Cl)cccc1Cl)C(=O)COc1ccc(Cl)c(C)c1. The summed E-state index contributed by atoms with van der Waals surface area (Å²) in [6, 6.07) is 19.1. The Labute approximate surface area is 220 Å². The molecule has 0 bridgehead atoms. The van der Waals surface area contributed by atoms with E-state index in [1.165, 1.54) is 4.90 Å². The largest absolute Gasteiger partial charge is 0.484 e. The van der Waals surface area contributed by atoms with Crippen molar-refractivity contribution in [2.24, 2.45) is 0 Å². The van der Waals surface area contributed by atoms with E-state index in [1.54, 1.807) is 36.4 Å². The summed E-state index contributed by atoms with van der Waals surface area (Å²) in [5.74, 6) is -0.135. The lowest BCUT2D eigenvalue weighted by Crippen LogP contribution is -2.51. The highest BCUT2D eigenvalue weighted by molar-refractivity contribution is 6.36. The van der Waals surface area contributed by atoms with Crippen LogP contribution in [-0.2, 0) is 22.6 Å². The van der Waals surface area contributed by atoms with Gasteiger partial charge in [0.15, 0.2) is 6.61 Å². The first-order valence-electron chi connectivity index (χ1n) is 11.2. The number of benzene rings is 3. The number of nitrogens with one attached hydrogen (secondary N) is 1. The highest BCUT2D eigenvalue weighted by Gasteiger charge is 2.31. The van der Waals surface area contributed by atoms with E-state index >= 15 is 0 Å². The third kappa shape index (κ3) is 7.38. The van der Waals surface area contributed by atoms with Gasteiger partial charge in [0.2, 0.25) is 5.91 Å². The summed E-state index contributed by atoms with van der Waals surface area (Å²) < 4.78 is 5.78. The van der Waals surface area contributed by atoms with E-state index in [4.69, 9.17) is 39.5 Å². The fourth-order valence-electron chi connectivity index (χ4n) is 3.63. The van der Waals surface area contributed by atoms with Gasteiger partial charge in [0.05, 0.1) is 0 Å². The molecule has 0 aromatic heterocycles. The molecule has 0 aliphatic rings. The molecule has 0 radical (unpaired) electrons. The van der Waals surface area contributed by atoms with Crippen LogP contribution in [0.1, 0.15) is 23.6 Å². The predicted molar refractivity (Wildman–Crippen MR) is 141 cm³/mol. The number of rotatable bonds is 10. The first kappa shape index (κ1) is 26.9. The van der Waals surface area contributed by atoms with Crippen LogP contribution in [0.15, 0.2) is 66.7 Å². The Hall–Kier alpha value is -2.73. The van der Waals surface area contributed by atoms with Gasteiger partial charge < -0.3 is 15.0 Å². The van der Waals surface area contributed by atoms with E-state index < -0.39 is 6.04 Å². The molecule has 0 heterocycles. The van der Waals surface area contributed by atoms with Gasteiger partial charge in [-0.1, -0.05) is 71.2 Å². The maximum atomic E-state index is 13.5. The summed E-state index contributed by atoms with van der Waals surface area (Å²) >= 11 is 18.9. The van der Waals surface area contributed by atoms with Gasteiger partial charge in [-0.15, -0.1) is 0 Å². The lowest BCUT2D eigenvalue weighted by atomic mass is 10.0. The molecule has 35 heavy (non-hydrogen) atoms. The number of carbonyl (C=O) groups is 2. The maximum Gasteiger partial charge on any atom is 0.261 e. The Morgan fingerprint density at radius 3 is 2.26 bits per heavy atom. The zero-order valence-electron chi connectivity index (χ0n) is 19.6. The minimum absolute atomic E-state index is 0.0506. The van der Waals surface area contributed by atoms with Crippen LogP contribution in [0.4, 0.5) is 0 Å². The van der Waals surface area contributed by atoms with Crippen molar-refractivity contribution < 1.29 is 14.3 Å². The minimum atomic E-state index is -0.798. The molecule has 0 saturated carbocycles. The third-order valence-corrected chi connectivity index (χ3v) is 6.64. The molecule has 0 unspecified atom stereocenters. The number of carbonyl (C=O) groups excluding carboxylic acids is 2. The van der Waals surface area contributed by atoms with Crippen molar-refractivity contribution in [3.05, 3.63) is 98.5 Å². The Morgan fingerprint density at radius 2 is 1.63 bits per heavy atom. The molecular weight excluding hydrogens is 507 g/mol. The lowest BCUT2D eigenvalue weighted by Gasteiger charge is -2.32. The van der Waals surface area contributed by atoms with Crippen LogP contribution in [0.5, 0.6) is 5.75 Å². The highest BCUT2D eigenvalue weighted by atomic mass is 35.5. The van der Waals surface area contributed by atoms with Crippen LogP contribution in [0.2, 0.25) is 15.1 Å². The van der Waals surface area contributed by atoms with E-state index in [-0.39, 0.29) is 25.0 Å². The zero-order valence-corrected chi connectivity index (χ0v) is 21.8. The monoisotopic (exact) mass is 532 g/mol. The van der Waals surface area contributed by atoms with Crippen LogP contribution in [-0.4, -0.2) is 35.9 Å². The lowest BCUT2D eigenvalue weighted by molar-refractivity contribution is -0.142. The second-order valence-corrected chi connectivity index (χ2v) is 9.24. The third-order valence-electron chi connectivity index (χ3n) is 5.50. The Kier molecular flexibility index (Phi) is 9.84. The van der Waals surface area contributed by atoms with Gasteiger partial charge in [-0.25, -0.2) is 0 Å². The van der Waals surface area contributed by atoms with Gasteiger partial charge >= 0.3 is 0 Å². The molecular formula is C27H27Cl3N2O3. The summed E-state index contributed by atoms with van der Waals surface area (Å²) in [5.41, 5.74) is 2.32. The number of ether oxygens (including phenoxy) is 1. The van der Waals surface area contributed by atoms with Crippen molar-refractivity contribution in [2.75, 3.05) is 13.2 Å². The number of halogens is 3. The van der Waals surface area contributed by atoms with Crippen molar-refractivity contribution in [1.29, 1.82) is 0 Å². The Balaban J connectivity index is 1.94. The summed E-state index contributed by atoms with van der Waals surface area (Å²) in [6.07, 6.45) is 0.320. The maximum absolute atomic E-state index is 13.5. The summed E-state index contributed by atoms with van der Waals surface area (Å²) in [4.78, 5) is 28.2. The van der Waals surface area contributed by atoms with E-state index in [9.17, 15) is 9.59 Å². The van der Waals surface area contributed by atoms with Crippen molar-refractivity contribution in [2.45, 2.75) is 32.9 Å². The molecule has 2 amide bonds. The molecule has 1 N–H and O–H groups in total. The van der Waals surface area contributed by atoms with Gasteiger partial charge in [0.1, 0.15) is 11.8 Å². The van der Waals surface area contributed by atoms with Crippen LogP contribution in [0, 0.1) is 6.92 Å². The molecule has 0 saturated heterocycles. The standard InChI is InChI=1S/C27H27Cl3N2O3/c1-3-31-27(34)25(15-19-8-5-4-6-9-19)32(16-21-23(29)10-7-11-24(21)30)26(33)17-35-20-12-13-22(28)18(2)14-20/h4-14,25H,3,15-17H2,1-2H3,(H,31,34)/t25-/m0/s1. The molecule has 0 aliphatic heterocycles.